The fourth-order valence-electron chi connectivity index (χ4n) is 2.59. The topological polar surface area (TPSA) is 38.3 Å². The molecular weight excluding hydrogens is 298 g/mol. The highest BCUT2D eigenvalue weighted by atomic mass is 16.5. The van der Waals surface area contributed by atoms with Crippen molar-refractivity contribution in [2.75, 3.05) is 11.9 Å². The number of aryl methyl sites for hydroxylation is 2. The summed E-state index contributed by atoms with van der Waals surface area (Å²) in [7, 11) is 0. The molecule has 0 aliphatic rings. The van der Waals surface area contributed by atoms with Gasteiger partial charge in [-0.1, -0.05) is 44.2 Å². The number of carbonyl (C=O) groups excluding carboxylic acids is 1. The van der Waals surface area contributed by atoms with Crippen molar-refractivity contribution in [2.45, 2.75) is 46.5 Å². The first-order valence-corrected chi connectivity index (χ1v) is 8.60. The summed E-state index contributed by atoms with van der Waals surface area (Å²) in [5.41, 5.74) is 4.33. The van der Waals surface area contributed by atoms with Gasteiger partial charge in [0.1, 0.15) is 5.75 Å². The van der Waals surface area contributed by atoms with Gasteiger partial charge < -0.3 is 10.1 Å². The average Bonchev–Trinajstić information content (AvgIpc) is 2.57. The summed E-state index contributed by atoms with van der Waals surface area (Å²) < 4.78 is 5.76. The molecule has 3 heteroatoms. The smallest absolute Gasteiger partial charge is 0.227 e. The third-order valence-corrected chi connectivity index (χ3v) is 4.31. The minimum Gasteiger partial charge on any atom is -0.493 e. The van der Waals surface area contributed by atoms with E-state index < -0.39 is 0 Å². The van der Waals surface area contributed by atoms with Crippen LogP contribution in [0.3, 0.4) is 0 Å². The Morgan fingerprint density at radius 2 is 1.92 bits per heavy atom. The normalized spacial score (nSPS) is 11.8. The molecule has 0 saturated heterocycles. The van der Waals surface area contributed by atoms with E-state index in [1.54, 1.807) is 0 Å². The highest BCUT2D eigenvalue weighted by molar-refractivity contribution is 5.91. The summed E-state index contributed by atoms with van der Waals surface area (Å²) in [6.45, 7) is 8.75. The van der Waals surface area contributed by atoms with Crippen LogP contribution in [-0.4, -0.2) is 12.5 Å². The van der Waals surface area contributed by atoms with E-state index in [1.807, 2.05) is 44.2 Å². The van der Waals surface area contributed by atoms with Crippen LogP contribution in [0.2, 0.25) is 0 Å². The second-order valence-corrected chi connectivity index (χ2v) is 6.31. The SMILES string of the molecule is CC[C@H](C)c1ccccc1NC(=O)CCOc1cc(C)ccc1C. The molecule has 1 atom stereocenters. The first kappa shape index (κ1) is 18.1. The molecule has 0 heterocycles. The molecule has 0 saturated carbocycles. The maximum atomic E-state index is 12.2. The van der Waals surface area contributed by atoms with Gasteiger partial charge in [-0.3, -0.25) is 4.79 Å². The van der Waals surface area contributed by atoms with E-state index in [0.29, 0.717) is 18.9 Å². The van der Waals surface area contributed by atoms with Crippen molar-refractivity contribution in [3.63, 3.8) is 0 Å². The Labute approximate surface area is 145 Å². The van der Waals surface area contributed by atoms with Crippen LogP contribution in [0.5, 0.6) is 5.75 Å². The summed E-state index contributed by atoms with van der Waals surface area (Å²) in [6.07, 6.45) is 1.38. The number of nitrogens with one attached hydrogen (secondary N) is 1. The van der Waals surface area contributed by atoms with Gasteiger partial charge >= 0.3 is 0 Å². The van der Waals surface area contributed by atoms with Gasteiger partial charge in [0.05, 0.1) is 13.0 Å². The second-order valence-electron chi connectivity index (χ2n) is 6.31. The summed E-state index contributed by atoms with van der Waals surface area (Å²) >= 11 is 0. The number of carbonyl (C=O) groups is 1. The van der Waals surface area contributed by atoms with Crippen LogP contribution in [0.4, 0.5) is 5.69 Å². The highest BCUT2D eigenvalue weighted by Crippen LogP contribution is 2.26. The van der Waals surface area contributed by atoms with Gasteiger partial charge in [0.15, 0.2) is 0 Å². The maximum absolute atomic E-state index is 12.2. The van der Waals surface area contributed by atoms with Crippen molar-refractivity contribution >= 4 is 11.6 Å². The lowest BCUT2D eigenvalue weighted by Crippen LogP contribution is -2.16. The van der Waals surface area contributed by atoms with Crippen LogP contribution in [-0.2, 0) is 4.79 Å². The Kier molecular flexibility index (Phi) is 6.42. The first-order valence-electron chi connectivity index (χ1n) is 8.60. The lowest BCUT2D eigenvalue weighted by molar-refractivity contribution is -0.116. The Morgan fingerprint density at radius 1 is 1.17 bits per heavy atom. The number of para-hydroxylation sites is 1. The summed E-state index contributed by atoms with van der Waals surface area (Å²) in [5.74, 6) is 1.26. The Hall–Kier alpha value is -2.29. The highest BCUT2D eigenvalue weighted by Gasteiger charge is 2.11. The summed E-state index contributed by atoms with van der Waals surface area (Å²) in [6, 6.07) is 14.1. The lowest BCUT2D eigenvalue weighted by Gasteiger charge is -2.16. The van der Waals surface area contributed by atoms with Gasteiger partial charge in [-0.25, -0.2) is 0 Å². The van der Waals surface area contributed by atoms with Crippen molar-refractivity contribution in [3.05, 3.63) is 59.2 Å². The molecule has 0 spiro atoms. The molecule has 2 aromatic rings. The van der Waals surface area contributed by atoms with E-state index in [9.17, 15) is 4.79 Å². The van der Waals surface area contributed by atoms with Gasteiger partial charge in [0.25, 0.3) is 0 Å². The number of ether oxygens (including phenoxy) is 1. The molecule has 1 N–H and O–H groups in total. The minimum atomic E-state index is -0.0175. The third-order valence-electron chi connectivity index (χ3n) is 4.31. The zero-order valence-electron chi connectivity index (χ0n) is 15.1. The number of hydrogen-bond acceptors (Lipinski definition) is 2. The Balaban J connectivity index is 1.91. The van der Waals surface area contributed by atoms with E-state index in [2.05, 4.69) is 31.3 Å². The molecule has 0 radical (unpaired) electrons. The zero-order valence-corrected chi connectivity index (χ0v) is 15.1. The van der Waals surface area contributed by atoms with Crippen molar-refractivity contribution < 1.29 is 9.53 Å². The monoisotopic (exact) mass is 325 g/mol. The standard InChI is InChI=1S/C21H27NO2/c1-5-16(3)18-8-6-7-9-19(18)22-21(23)12-13-24-20-14-15(2)10-11-17(20)4/h6-11,14,16H,5,12-13H2,1-4H3,(H,22,23)/t16-/m0/s1. The molecule has 128 valence electrons. The zero-order chi connectivity index (χ0) is 17.5. The Morgan fingerprint density at radius 3 is 2.67 bits per heavy atom. The van der Waals surface area contributed by atoms with Gasteiger partial charge in [0, 0.05) is 5.69 Å². The van der Waals surface area contributed by atoms with Crippen LogP contribution in [0.25, 0.3) is 0 Å². The molecule has 2 aromatic carbocycles. The molecule has 0 aliphatic carbocycles. The second kappa shape index (κ2) is 8.53. The van der Waals surface area contributed by atoms with Crippen LogP contribution in [0.1, 0.15) is 49.3 Å². The fourth-order valence-corrected chi connectivity index (χ4v) is 2.59. The molecule has 3 nitrogen and oxygen atoms in total. The quantitative estimate of drug-likeness (QED) is 0.757. The number of hydrogen-bond donors (Lipinski definition) is 1. The average molecular weight is 325 g/mol. The fraction of sp³-hybridized carbons (Fsp3) is 0.381. The summed E-state index contributed by atoms with van der Waals surface area (Å²) in [5, 5.41) is 3.02. The van der Waals surface area contributed by atoms with Crippen molar-refractivity contribution in [3.8, 4) is 5.75 Å². The Bertz CT molecular complexity index is 694. The van der Waals surface area contributed by atoms with Gasteiger partial charge in [-0.15, -0.1) is 0 Å². The van der Waals surface area contributed by atoms with Crippen LogP contribution < -0.4 is 10.1 Å². The van der Waals surface area contributed by atoms with Crippen molar-refractivity contribution in [1.82, 2.24) is 0 Å². The molecule has 0 bridgehead atoms. The summed E-state index contributed by atoms with van der Waals surface area (Å²) in [4.78, 5) is 12.2. The largest absolute Gasteiger partial charge is 0.493 e. The van der Waals surface area contributed by atoms with E-state index in [1.165, 1.54) is 5.56 Å². The molecule has 1 amide bonds. The molecular formula is C21H27NO2. The van der Waals surface area contributed by atoms with Crippen LogP contribution >= 0.6 is 0 Å². The van der Waals surface area contributed by atoms with E-state index in [4.69, 9.17) is 4.74 Å². The van der Waals surface area contributed by atoms with E-state index >= 15 is 0 Å². The van der Waals surface area contributed by atoms with Crippen molar-refractivity contribution in [2.24, 2.45) is 0 Å². The minimum absolute atomic E-state index is 0.0175. The van der Waals surface area contributed by atoms with Crippen molar-refractivity contribution in [1.29, 1.82) is 0 Å². The number of benzene rings is 2. The number of rotatable bonds is 7. The number of anilines is 1. The third kappa shape index (κ3) is 4.85. The predicted octanol–water partition coefficient (Wildman–Crippen LogP) is 5.22. The molecule has 0 aliphatic heterocycles. The molecule has 24 heavy (non-hydrogen) atoms. The molecule has 0 aromatic heterocycles. The lowest BCUT2D eigenvalue weighted by atomic mass is 9.97. The molecule has 2 rings (SSSR count). The van der Waals surface area contributed by atoms with E-state index in [-0.39, 0.29) is 5.91 Å². The van der Waals surface area contributed by atoms with E-state index in [0.717, 1.165) is 29.0 Å². The predicted molar refractivity (Wildman–Crippen MR) is 99.8 cm³/mol. The van der Waals surface area contributed by atoms with Crippen LogP contribution in [0.15, 0.2) is 42.5 Å². The molecule has 0 fully saturated rings. The van der Waals surface area contributed by atoms with Gasteiger partial charge in [-0.2, -0.15) is 0 Å². The maximum Gasteiger partial charge on any atom is 0.227 e. The van der Waals surface area contributed by atoms with Gasteiger partial charge in [-0.05, 0) is 55.0 Å². The first-order chi connectivity index (χ1) is 11.5. The van der Waals surface area contributed by atoms with Crippen LogP contribution in [0, 0.1) is 13.8 Å². The number of amides is 1. The van der Waals surface area contributed by atoms with Gasteiger partial charge in [0.2, 0.25) is 5.91 Å². The molecule has 0 unspecified atom stereocenters.